The maximum atomic E-state index is 9.25. The van der Waals surface area contributed by atoms with Crippen LogP contribution in [0.4, 0.5) is 0 Å². The SMILES string of the molecule is COC(C)(C)C#CC(C)(C)O. The third-order valence-electron chi connectivity index (χ3n) is 1.18. The number of aliphatic hydroxyl groups is 1. The maximum Gasteiger partial charge on any atom is 0.122 e. The topological polar surface area (TPSA) is 29.5 Å². The minimum absolute atomic E-state index is 0.472. The van der Waals surface area contributed by atoms with Gasteiger partial charge in [0.1, 0.15) is 11.2 Å². The highest BCUT2D eigenvalue weighted by atomic mass is 16.5. The lowest BCUT2D eigenvalue weighted by molar-refractivity contribution is 0.0726. The van der Waals surface area contributed by atoms with Crippen molar-refractivity contribution >= 4 is 0 Å². The lowest BCUT2D eigenvalue weighted by Gasteiger charge is -2.16. The summed E-state index contributed by atoms with van der Waals surface area (Å²) in [7, 11) is 1.60. The van der Waals surface area contributed by atoms with Gasteiger partial charge in [0.2, 0.25) is 0 Å². The van der Waals surface area contributed by atoms with E-state index in [1.807, 2.05) is 13.8 Å². The number of rotatable bonds is 1. The third kappa shape index (κ3) is 5.90. The smallest absolute Gasteiger partial charge is 0.122 e. The molecule has 11 heavy (non-hydrogen) atoms. The fraction of sp³-hybridized carbons (Fsp3) is 0.778. The second-order valence-corrected chi connectivity index (χ2v) is 3.52. The van der Waals surface area contributed by atoms with Crippen LogP contribution in [0.2, 0.25) is 0 Å². The van der Waals surface area contributed by atoms with Gasteiger partial charge in [0.25, 0.3) is 0 Å². The standard InChI is InChI=1S/C9H16O2/c1-8(2,10)6-7-9(3,4)11-5/h10H,1-5H3. The molecule has 0 rings (SSSR count). The Kier molecular flexibility index (Phi) is 3.10. The number of hydrogen-bond acceptors (Lipinski definition) is 2. The Morgan fingerprint density at radius 3 is 1.82 bits per heavy atom. The predicted octanol–water partition coefficient (Wildman–Crippen LogP) is 1.19. The van der Waals surface area contributed by atoms with E-state index in [1.165, 1.54) is 0 Å². The Bertz CT molecular complexity index is 176. The molecule has 0 saturated carbocycles. The summed E-state index contributed by atoms with van der Waals surface area (Å²) in [6.45, 7) is 7.00. The lowest BCUT2D eigenvalue weighted by Crippen LogP contribution is -2.22. The molecule has 0 aromatic heterocycles. The summed E-state index contributed by atoms with van der Waals surface area (Å²) in [4.78, 5) is 0. The van der Waals surface area contributed by atoms with Gasteiger partial charge in [0, 0.05) is 7.11 Å². The summed E-state index contributed by atoms with van der Waals surface area (Å²) >= 11 is 0. The van der Waals surface area contributed by atoms with Crippen LogP contribution in [0, 0.1) is 11.8 Å². The molecule has 0 radical (unpaired) electrons. The van der Waals surface area contributed by atoms with Crippen molar-refractivity contribution in [2.45, 2.75) is 38.9 Å². The fourth-order valence-corrected chi connectivity index (χ4v) is 0.354. The number of hydrogen-bond donors (Lipinski definition) is 1. The van der Waals surface area contributed by atoms with Crippen LogP contribution in [-0.2, 0) is 4.74 Å². The Hall–Kier alpha value is -0.520. The van der Waals surface area contributed by atoms with Crippen LogP contribution in [0.1, 0.15) is 27.7 Å². The van der Waals surface area contributed by atoms with Gasteiger partial charge in [-0.1, -0.05) is 11.8 Å². The molecule has 2 nitrogen and oxygen atoms in total. The van der Waals surface area contributed by atoms with Crippen LogP contribution in [-0.4, -0.2) is 23.4 Å². The van der Waals surface area contributed by atoms with E-state index in [1.54, 1.807) is 21.0 Å². The van der Waals surface area contributed by atoms with Gasteiger partial charge in [0.15, 0.2) is 0 Å². The first-order valence-corrected chi connectivity index (χ1v) is 3.59. The van der Waals surface area contributed by atoms with Gasteiger partial charge >= 0.3 is 0 Å². The van der Waals surface area contributed by atoms with Crippen molar-refractivity contribution in [3.8, 4) is 11.8 Å². The molecule has 0 heterocycles. The van der Waals surface area contributed by atoms with Gasteiger partial charge in [0.05, 0.1) is 0 Å². The molecule has 64 valence electrons. The predicted molar refractivity (Wildman–Crippen MR) is 45.2 cm³/mol. The molecule has 0 aromatic carbocycles. The van der Waals surface area contributed by atoms with Gasteiger partial charge in [-0.2, -0.15) is 0 Å². The quantitative estimate of drug-likeness (QED) is 0.578. The van der Waals surface area contributed by atoms with E-state index in [0.717, 1.165) is 0 Å². The highest BCUT2D eigenvalue weighted by Gasteiger charge is 2.13. The van der Waals surface area contributed by atoms with E-state index in [2.05, 4.69) is 11.8 Å². The van der Waals surface area contributed by atoms with E-state index in [0.29, 0.717) is 0 Å². The van der Waals surface area contributed by atoms with Crippen molar-refractivity contribution in [3.05, 3.63) is 0 Å². The molecule has 0 spiro atoms. The first kappa shape index (κ1) is 10.5. The van der Waals surface area contributed by atoms with E-state index in [9.17, 15) is 5.11 Å². The van der Waals surface area contributed by atoms with E-state index < -0.39 is 11.2 Å². The summed E-state index contributed by atoms with van der Waals surface area (Å²) in [5, 5.41) is 9.25. The summed E-state index contributed by atoms with van der Waals surface area (Å²) in [6.07, 6.45) is 0. The van der Waals surface area contributed by atoms with Crippen LogP contribution >= 0.6 is 0 Å². The highest BCUT2D eigenvalue weighted by Crippen LogP contribution is 2.06. The average molecular weight is 156 g/mol. The van der Waals surface area contributed by atoms with Crippen molar-refractivity contribution in [2.24, 2.45) is 0 Å². The van der Waals surface area contributed by atoms with Gasteiger partial charge in [-0.15, -0.1) is 0 Å². The molecule has 0 bridgehead atoms. The van der Waals surface area contributed by atoms with E-state index >= 15 is 0 Å². The van der Waals surface area contributed by atoms with E-state index in [4.69, 9.17) is 4.74 Å². The van der Waals surface area contributed by atoms with Crippen molar-refractivity contribution in [1.82, 2.24) is 0 Å². The molecule has 1 N–H and O–H groups in total. The van der Waals surface area contributed by atoms with Gasteiger partial charge in [-0.3, -0.25) is 0 Å². The highest BCUT2D eigenvalue weighted by molar-refractivity contribution is 5.17. The summed E-state index contributed by atoms with van der Waals surface area (Å²) in [6, 6.07) is 0. The normalized spacial score (nSPS) is 12.2. The zero-order valence-corrected chi connectivity index (χ0v) is 7.86. The third-order valence-corrected chi connectivity index (χ3v) is 1.18. The van der Waals surface area contributed by atoms with Crippen LogP contribution < -0.4 is 0 Å². The summed E-state index contributed by atoms with van der Waals surface area (Å²) < 4.78 is 5.05. The molecule has 0 amide bonds. The second kappa shape index (κ2) is 3.25. The molecule has 0 atom stereocenters. The Labute approximate surface area is 68.6 Å². The monoisotopic (exact) mass is 156 g/mol. The zero-order valence-electron chi connectivity index (χ0n) is 7.86. The number of methoxy groups -OCH3 is 1. The molecule has 0 aliphatic carbocycles. The molecule has 0 aliphatic heterocycles. The lowest BCUT2D eigenvalue weighted by atomic mass is 10.1. The minimum atomic E-state index is -0.935. The largest absolute Gasteiger partial charge is 0.378 e. The molecule has 2 heteroatoms. The Morgan fingerprint density at radius 2 is 1.55 bits per heavy atom. The molecule has 0 aliphatic rings. The van der Waals surface area contributed by atoms with Crippen LogP contribution in [0.3, 0.4) is 0 Å². The van der Waals surface area contributed by atoms with Gasteiger partial charge in [-0.05, 0) is 27.7 Å². The van der Waals surface area contributed by atoms with Crippen molar-refractivity contribution in [3.63, 3.8) is 0 Å². The average Bonchev–Trinajstić information content (AvgIpc) is 1.83. The zero-order chi connectivity index (χ0) is 9.12. The van der Waals surface area contributed by atoms with Crippen LogP contribution in [0.15, 0.2) is 0 Å². The first-order chi connectivity index (χ1) is 4.77. The first-order valence-electron chi connectivity index (χ1n) is 3.59. The minimum Gasteiger partial charge on any atom is -0.378 e. The van der Waals surface area contributed by atoms with Crippen molar-refractivity contribution in [2.75, 3.05) is 7.11 Å². The van der Waals surface area contributed by atoms with Crippen molar-refractivity contribution in [1.29, 1.82) is 0 Å². The molecular weight excluding hydrogens is 140 g/mol. The Balaban J connectivity index is 4.29. The molecule has 0 unspecified atom stereocenters. The van der Waals surface area contributed by atoms with Gasteiger partial charge < -0.3 is 9.84 Å². The molecule has 0 aromatic rings. The number of ether oxygens (including phenoxy) is 1. The van der Waals surface area contributed by atoms with Crippen LogP contribution in [0.25, 0.3) is 0 Å². The Morgan fingerprint density at radius 1 is 1.09 bits per heavy atom. The summed E-state index contributed by atoms with van der Waals surface area (Å²) in [5.41, 5.74) is -1.41. The molecule has 0 fully saturated rings. The van der Waals surface area contributed by atoms with Crippen LogP contribution in [0.5, 0.6) is 0 Å². The van der Waals surface area contributed by atoms with Crippen molar-refractivity contribution < 1.29 is 9.84 Å². The van der Waals surface area contributed by atoms with Gasteiger partial charge in [-0.25, -0.2) is 0 Å². The summed E-state index contributed by atoms with van der Waals surface area (Å²) in [5.74, 6) is 5.52. The fourth-order valence-electron chi connectivity index (χ4n) is 0.354. The van der Waals surface area contributed by atoms with E-state index in [-0.39, 0.29) is 0 Å². The second-order valence-electron chi connectivity index (χ2n) is 3.52. The maximum absolute atomic E-state index is 9.25. The molecule has 0 saturated heterocycles. The molecular formula is C9H16O2.